The van der Waals surface area contributed by atoms with Gasteiger partial charge in [0.1, 0.15) is 0 Å². The zero-order chi connectivity index (χ0) is 9.30. The Hall–Kier alpha value is -0.520. The van der Waals surface area contributed by atoms with Crippen LogP contribution in [0.15, 0.2) is 24.3 Å². The van der Waals surface area contributed by atoms with E-state index in [9.17, 15) is 0 Å². The summed E-state index contributed by atoms with van der Waals surface area (Å²) in [4.78, 5) is 0. The molecule has 0 amide bonds. The van der Waals surface area contributed by atoms with Crippen LogP contribution in [0.3, 0.4) is 0 Å². The Morgan fingerprint density at radius 3 is 1.92 bits per heavy atom. The Balaban J connectivity index is 2.66. The monoisotopic (exact) mass is 164 g/mol. The number of rotatable bonds is 1. The van der Waals surface area contributed by atoms with Gasteiger partial charge in [0, 0.05) is 0 Å². The fraction of sp³-hybridized carbons (Fsp3) is 0.667. The van der Waals surface area contributed by atoms with Crippen LogP contribution in [0.4, 0.5) is 0 Å². The largest absolute Gasteiger partial charge is 0.0993 e. The smallest absolute Gasteiger partial charge is 0.00266 e. The lowest BCUT2D eigenvalue weighted by atomic mass is 9.73. The Bertz CT molecular complexity index is 180. The zero-order valence-corrected chi connectivity index (χ0v) is 8.56. The lowest BCUT2D eigenvalue weighted by Crippen LogP contribution is -2.20. The average Bonchev–Trinajstić information content (AvgIpc) is 1.99. The normalized spacial score (nSPS) is 31.3. The molecule has 12 heavy (non-hydrogen) atoms. The van der Waals surface area contributed by atoms with Crippen molar-refractivity contribution in [3.8, 4) is 0 Å². The molecule has 0 unspecified atom stereocenters. The molecule has 1 saturated carbocycles. The summed E-state index contributed by atoms with van der Waals surface area (Å²) in [6, 6.07) is 0. The summed E-state index contributed by atoms with van der Waals surface area (Å²) in [5.74, 6) is 2.12. The lowest BCUT2D eigenvalue weighted by molar-refractivity contribution is 0.338. The second kappa shape index (κ2) is 3.47. The molecule has 0 radical (unpaired) electrons. The summed E-state index contributed by atoms with van der Waals surface area (Å²) in [7, 11) is 0. The van der Waals surface area contributed by atoms with Gasteiger partial charge < -0.3 is 0 Å². The summed E-state index contributed by atoms with van der Waals surface area (Å²) in [5, 5.41) is 0. The predicted molar refractivity (Wildman–Crippen MR) is 55.0 cm³/mol. The average molecular weight is 164 g/mol. The second-order valence-electron chi connectivity index (χ2n) is 4.45. The van der Waals surface area contributed by atoms with E-state index in [-0.39, 0.29) is 0 Å². The van der Waals surface area contributed by atoms with Crippen LogP contribution >= 0.6 is 0 Å². The standard InChI is InChI=1S/C12H20/c1-8(2)12-6-9(3)11(5)10(4)7-12/h8,11-12H,3-4,6-7H2,1-2,5H3. The molecule has 0 heterocycles. The molecule has 1 aliphatic rings. The van der Waals surface area contributed by atoms with Crippen molar-refractivity contribution in [2.24, 2.45) is 17.8 Å². The summed E-state index contributed by atoms with van der Waals surface area (Å²) in [5.41, 5.74) is 2.76. The van der Waals surface area contributed by atoms with Crippen molar-refractivity contribution in [3.05, 3.63) is 24.3 Å². The molecule has 0 bridgehead atoms. The molecule has 0 nitrogen and oxygen atoms in total. The van der Waals surface area contributed by atoms with Crippen molar-refractivity contribution in [2.45, 2.75) is 33.6 Å². The number of allylic oxidation sites excluding steroid dienone is 2. The molecule has 0 atom stereocenters. The van der Waals surface area contributed by atoms with Gasteiger partial charge in [-0.15, -0.1) is 0 Å². The number of hydrogen-bond donors (Lipinski definition) is 0. The molecule has 1 rings (SSSR count). The SMILES string of the molecule is C=C1CC(C(C)C)CC(=C)C1C. The highest BCUT2D eigenvalue weighted by Crippen LogP contribution is 2.38. The van der Waals surface area contributed by atoms with Gasteiger partial charge in [-0.2, -0.15) is 0 Å². The number of hydrogen-bond acceptors (Lipinski definition) is 0. The summed E-state index contributed by atoms with van der Waals surface area (Å²) in [6.45, 7) is 15.0. The van der Waals surface area contributed by atoms with E-state index in [1.165, 1.54) is 24.0 Å². The first-order chi connectivity index (χ1) is 5.52. The molecule has 0 aromatic heterocycles. The van der Waals surface area contributed by atoms with E-state index < -0.39 is 0 Å². The van der Waals surface area contributed by atoms with Crippen molar-refractivity contribution in [3.63, 3.8) is 0 Å². The summed E-state index contributed by atoms with van der Waals surface area (Å²) < 4.78 is 0. The van der Waals surface area contributed by atoms with Crippen LogP contribution in [-0.4, -0.2) is 0 Å². The van der Waals surface area contributed by atoms with Crippen molar-refractivity contribution >= 4 is 0 Å². The molecule has 0 saturated heterocycles. The minimum absolute atomic E-state index is 0.556. The van der Waals surface area contributed by atoms with E-state index in [2.05, 4.69) is 33.9 Å². The molecular formula is C12H20. The van der Waals surface area contributed by atoms with E-state index in [1.807, 2.05) is 0 Å². The molecule has 0 heteroatoms. The van der Waals surface area contributed by atoms with Gasteiger partial charge in [-0.1, -0.05) is 45.1 Å². The molecular weight excluding hydrogens is 144 g/mol. The minimum Gasteiger partial charge on any atom is -0.0993 e. The van der Waals surface area contributed by atoms with E-state index >= 15 is 0 Å². The first-order valence-corrected chi connectivity index (χ1v) is 4.87. The highest BCUT2D eigenvalue weighted by molar-refractivity contribution is 5.20. The van der Waals surface area contributed by atoms with Crippen LogP contribution in [0.5, 0.6) is 0 Å². The maximum atomic E-state index is 4.12. The lowest BCUT2D eigenvalue weighted by Gasteiger charge is -2.32. The van der Waals surface area contributed by atoms with Gasteiger partial charge in [0.25, 0.3) is 0 Å². The topological polar surface area (TPSA) is 0 Å². The Labute approximate surface area is 76.4 Å². The molecule has 1 fully saturated rings. The molecule has 0 spiro atoms. The highest BCUT2D eigenvalue weighted by Gasteiger charge is 2.25. The molecule has 0 aromatic carbocycles. The zero-order valence-electron chi connectivity index (χ0n) is 8.56. The van der Waals surface area contributed by atoms with Gasteiger partial charge in [-0.05, 0) is 30.6 Å². The first-order valence-electron chi connectivity index (χ1n) is 4.87. The Morgan fingerprint density at radius 2 is 1.58 bits per heavy atom. The van der Waals surface area contributed by atoms with Crippen molar-refractivity contribution in [1.82, 2.24) is 0 Å². The van der Waals surface area contributed by atoms with E-state index in [0.717, 1.165) is 11.8 Å². The van der Waals surface area contributed by atoms with Crippen LogP contribution in [0, 0.1) is 17.8 Å². The van der Waals surface area contributed by atoms with E-state index in [0.29, 0.717) is 5.92 Å². The van der Waals surface area contributed by atoms with Gasteiger partial charge in [0.15, 0.2) is 0 Å². The van der Waals surface area contributed by atoms with Gasteiger partial charge in [0.05, 0.1) is 0 Å². The van der Waals surface area contributed by atoms with Crippen LogP contribution in [0.2, 0.25) is 0 Å². The molecule has 1 aliphatic carbocycles. The molecule has 0 aliphatic heterocycles. The second-order valence-corrected chi connectivity index (χ2v) is 4.45. The van der Waals surface area contributed by atoms with E-state index in [1.54, 1.807) is 0 Å². The minimum atomic E-state index is 0.556. The Morgan fingerprint density at radius 1 is 1.17 bits per heavy atom. The quantitative estimate of drug-likeness (QED) is 0.517. The Kier molecular flexibility index (Phi) is 2.76. The van der Waals surface area contributed by atoms with Crippen molar-refractivity contribution in [1.29, 1.82) is 0 Å². The third-order valence-electron chi connectivity index (χ3n) is 3.22. The fourth-order valence-electron chi connectivity index (χ4n) is 1.86. The van der Waals surface area contributed by atoms with Gasteiger partial charge >= 0.3 is 0 Å². The fourth-order valence-corrected chi connectivity index (χ4v) is 1.86. The van der Waals surface area contributed by atoms with Crippen molar-refractivity contribution < 1.29 is 0 Å². The summed E-state index contributed by atoms with van der Waals surface area (Å²) in [6.07, 6.45) is 2.41. The van der Waals surface area contributed by atoms with Gasteiger partial charge in [-0.25, -0.2) is 0 Å². The van der Waals surface area contributed by atoms with Crippen LogP contribution in [0.25, 0.3) is 0 Å². The first kappa shape index (κ1) is 9.57. The van der Waals surface area contributed by atoms with Crippen molar-refractivity contribution in [2.75, 3.05) is 0 Å². The van der Waals surface area contributed by atoms with Crippen LogP contribution < -0.4 is 0 Å². The predicted octanol–water partition coefficient (Wildman–Crippen LogP) is 3.80. The highest BCUT2D eigenvalue weighted by atomic mass is 14.3. The van der Waals surface area contributed by atoms with Crippen LogP contribution in [-0.2, 0) is 0 Å². The van der Waals surface area contributed by atoms with Gasteiger partial charge in [0.2, 0.25) is 0 Å². The maximum Gasteiger partial charge on any atom is -0.00266 e. The molecule has 0 aromatic rings. The van der Waals surface area contributed by atoms with Crippen LogP contribution in [0.1, 0.15) is 33.6 Å². The third kappa shape index (κ3) is 1.80. The third-order valence-corrected chi connectivity index (χ3v) is 3.22. The molecule has 0 N–H and O–H groups in total. The van der Waals surface area contributed by atoms with E-state index in [4.69, 9.17) is 0 Å². The summed E-state index contributed by atoms with van der Waals surface area (Å²) >= 11 is 0. The van der Waals surface area contributed by atoms with Gasteiger partial charge in [-0.3, -0.25) is 0 Å². The molecule has 68 valence electrons. The maximum absolute atomic E-state index is 4.12.